The average Bonchev–Trinajstić information content (AvgIpc) is 3.21. The van der Waals surface area contributed by atoms with E-state index in [9.17, 15) is 9.59 Å². The van der Waals surface area contributed by atoms with E-state index in [0.29, 0.717) is 29.4 Å². The Balaban J connectivity index is 1.67. The van der Waals surface area contributed by atoms with Crippen LogP contribution in [0.3, 0.4) is 0 Å². The van der Waals surface area contributed by atoms with Gasteiger partial charge in [-0.15, -0.1) is 0 Å². The Bertz CT molecular complexity index is 1060. The summed E-state index contributed by atoms with van der Waals surface area (Å²) >= 11 is 0. The lowest BCUT2D eigenvalue weighted by molar-refractivity contribution is 0.0499. The van der Waals surface area contributed by atoms with E-state index in [1.807, 2.05) is 19.9 Å². The van der Waals surface area contributed by atoms with Crippen molar-refractivity contribution in [2.45, 2.75) is 26.7 Å². The largest absolute Gasteiger partial charge is 0.478 e. The monoisotopic (exact) mass is 405 g/mol. The maximum absolute atomic E-state index is 11.9. The average molecular weight is 405 g/mol. The number of aromatic carboxylic acids is 1. The normalized spacial score (nSPS) is 11.0. The number of carboxylic acids is 1. The van der Waals surface area contributed by atoms with Crippen LogP contribution in [0.5, 0.6) is 0 Å². The molecule has 0 saturated carbocycles. The van der Waals surface area contributed by atoms with Crippen LogP contribution >= 0.6 is 0 Å². The molecular formula is C24H23NO5. The first kappa shape index (κ1) is 21.0. The van der Waals surface area contributed by atoms with Crippen molar-refractivity contribution in [1.29, 1.82) is 0 Å². The first-order valence-corrected chi connectivity index (χ1v) is 9.73. The summed E-state index contributed by atoms with van der Waals surface area (Å²) in [7, 11) is 0. The van der Waals surface area contributed by atoms with E-state index >= 15 is 0 Å². The topological polar surface area (TPSA) is 89.1 Å². The van der Waals surface area contributed by atoms with E-state index in [4.69, 9.17) is 14.3 Å². The van der Waals surface area contributed by atoms with Crippen LogP contribution in [0.2, 0.25) is 0 Å². The molecule has 0 aliphatic carbocycles. The highest BCUT2D eigenvalue weighted by atomic mass is 16.5. The molecule has 0 saturated heterocycles. The molecule has 154 valence electrons. The molecule has 3 aromatic rings. The van der Waals surface area contributed by atoms with Crippen molar-refractivity contribution in [1.82, 2.24) is 0 Å². The van der Waals surface area contributed by atoms with Gasteiger partial charge in [0.15, 0.2) is 0 Å². The van der Waals surface area contributed by atoms with Gasteiger partial charge in [-0.2, -0.15) is 0 Å². The summed E-state index contributed by atoms with van der Waals surface area (Å²) < 4.78 is 11.0. The van der Waals surface area contributed by atoms with Crippen molar-refractivity contribution in [3.8, 4) is 11.3 Å². The zero-order valence-corrected chi connectivity index (χ0v) is 16.9. The van der Waals surface area contributed by atoms with Crippen LogP contribution in [-0.2, 0) is 4.74 Å². The third-order valence-electron chi connectivity index (χ3n) is 4.54. The second-order valence-electron chi connectivity index (χ2n) is 6.83. The van der Waals surface area contributed by atoms with Crippen LogP contribution in [0.4, 0.5) is 5.69 Å². The van der Waals surface area contributed by atoms with Crippen molar-refractivity contribution < 1.29 is 23.8 Å². The van der Waals surface area contributed by atoms with Gasteiger partial charge >= 0.3 is 11.9 Å². The quantitative estimate of drug-likeness (QED) is 0.297. The molecule has 1 heterocycles. The number of rotatable bonds is 8. The summed E-state index contributed by atoms with van der Waals surface area (Å²) in [6.45, 7) is 4.31. The predicted octanol–water partition coefficient (Wildman–Crippen LogP) is 5.66. The summed E-state index contributed by atoms with van der Waals surface area (Å²) in [5.41, 5.74) is 3.05. The van der Waals surface area contributed by atoms with E-state index in [1.54, 1.807) is 54.7 Å². The highest BCUT2D eigenvalue weighted by molar-refractivity contribution is 5.90. The predicted molar refractivity (Wildman–Crippen MR) is 115 cm³/mol. The number of benzene rings is 2. The number of carbonyl (C=O) groups is 2. The number of esters is 1. The van der Waals surface area contributed by atoms with E-state index in [-0.39, 0.29) is 11.5 Å². The number of carbonyl (C=O) groups excluding carboxylic acids is 1. The zero-order chi connectivity index (χ0) is 21.5. The number of aryl methyl sites for hydroxylation is 1. The number of unbranched alkanes of at least 4 members (excludes halogenated alkanes) is 1. The van der Waals surface area contributed by atoms with Gasteiger partial charge in [0.05, 0.1) is 29.6 Å². The fraction of sp³-hybridized carbons (Fsp3) is 0.208. The second-order valence-corrected chi connectivity index (χ2v) is 6.83. The number of nitrogens with zero attached hydrogens (tertiary/aromatic N) is 1. The lowest BCUT2D eigenvalue weighted by atomic mass is 10.0. The molecule has 0 aliphatic rings. The Kier molecular flexibility index (Phi) is 6.80. The minimum absolute atomic E-state index is 0.238. The first-order valence-electron chi connectivity index (χ1n) is 9.73. The zero-order valence-electron chi connectivity index (χ0n) is 16.9. The Morgan fingerprint density at radius 3 is 2.47 bits per heavy atom. The van der Waals surface area contributed by atoms with Crippen LogP contribution in [0.1, 0.15) is 51.8 Å². The number of ether oxygens (including phenoxy) is 1. The fourth-order valence-electron chi connectivity index (χ4n) is 2.85. The van der Waals surface area contributed by atoms with Gasteiger partial charge in [0, 0.05) is 5.56 Å². The van der Waals surface area contributed by atoms with E-state index in [1.165, 1.54) is 0 Å². The molecule has 0 bridgehead atoms. The van der Waals surface area contributed by atoms with Crippen LogP contribution in [0.15, 0.2) is 64.0 Å². The molecule has 3 rings (SSSR count). The minimum atomic E-state index is -0.961. The molecule has 30 heavy (non-hydrogen) atoms. The summed E-state index contributed by atoms with van der Waals surface area (Å²) in [6.07, 6.45) is 3.42. The molecule has 0 aliphatic heterocycles. The highest BCUT2D eigenvalue weighted by Crippen LogP contribution is 2.26. The lowest BCUT2D eigenvalue weighted by Crippen LogP contribution is -2.05. The summed E-state index contributed by atoms with van der Waals surface area (Å²) in [6, 6.07) is 15.4. The maximum Gasteiger partial charge on any atom is 0.338 e. The Labute approximate surface area is 174 Å². The molecule has 0 unspecified atom stereocenters. The number of carboxylic acid groups (broad SMARTS) is 1. The van der Waals surface area contributed by atoms with Gasteiger partial charge in [-0.3, -0.25) is 4.99 Å². The van der Waals surface area contributed by atoms with Crippen molar-refractivity contribution in [2.75, 3.05) is 6.61 Å². The number of aliphatic imine (C=N–C) groups is 1. The van der Waals surface area contributed by atoms with E-state index < -0.39 is 5.97 Å². The van der Waals surface area contributed by atoms with Crippen molar-refractivity contribution in [3.05, 3.63) is 77.0 Å². The molecule has 0 fully saturated rings. The van der Waals surface area contributed by atoms with Gasteiger partial charge in [0.25, 0.3) is 0 Å². The van der Waals surface area contributed by atoms with Crippen molar-refractivity contribution in [2.24, 2.45) is 4.99 Å². The van der Waals surface area contributed by atoms with Gasteiger partial charge in [-0.1, -0.05) is 19.4 Å². The third-order valence-corrected chi connectivity index (χ3v) is 4.54. The van der Waals surface area contributed by atoms with Crippen LogP contribution < -0.4 is 0 Å². The number of hydrogen-bond donors (Lipinski definition) is 1. The highest BCUT2D eigenvalue weighted by Gasteiger charge is 2.10. The molecule has 0 amide bonds. The molecule has 1 aromatic heterocycles. The van der Waals surface area contributed by atoms with Crippen LogP contribution in [0.25, 0.3) is 11.3 Å². The summed E-state index contributed by atoms with van der Waals surface area (Å²) in [4.78, 5) is 27.4. The Morgan fingerprint density at radius 1 is 1.07 bits per heavy atom. The third kappa shape index (κ3) is 5.23. The molecule has 0 spiro atoms. The Morgan fingerprint density at radius 2 is 1.80 bits per heavy atom. The number of furan rings is 1. The second kappa shape index (κ2) is 9.69. The van der Waals surface area contributed by atoms with E-state index in [2.05, 4.69) is 4.99 Å². The van der Waals surface area contributed by atoms with Gasteiger partial charge in [-0.25, -0.2) is 9.59 Å². The molecule has 0 atom stereocenters. The molecule has 1 N–H and O–H groups in total. The molecular weight excluding hydrogens is 382 g/mol. The molecule has 6 heteroatoms. The van der Waals surface area contributed by atoms with Gasteiger partial charge in [-0.05, 0) is 67.4 Å². The molecule has 2 aromatic carbocycles. The standard InChI is InChI=1S/C24H23NO5/c1-3-4-13-29-24(28)17-5-8-19(9-6-17)25-15-20-10-12-22(30-20)21-11-7-18(23(26)27)14-16(21)2/h5-12,14-15H,3-4,13H2,1-2H3,(H,26,27). The van der Waals surface area contributed by atoms with Gasteiger partial charge < -0.3 is 14.3 Å². The van der Waals surface area contributed by atoms with Crippen LogP contribution in [0, 0.1) is 6.92 Å². The van der Waals surface area contributed by atoms with E-state index in [0.717, 1.165) is 24.0 Å². The maximum atomic E-state index is 11.9. The van der Waals surface area contributed by atoms with Crippen molar-refractivity contribution >= 4 is 23.8 Å². The van der Waals surface area contributed by atoms with Crippen LogP contribution in [-0.4, -0.2) is 29.9 Å². The minimum Gasteiger partial charge on any atom is -0.478 e. The summed E-state index contributed by atoms with van der Waals surface area (Å²) in [5.74, 6) is -0.0954. The van der Waals surface area contributed by atoms with Gasteiger partial charge in [0.2, 0.25) is 0 Å². The smallest absolute Gasteiger partial charge is 0.338 e. The summed E-state index contributed by atoms with van der Waals surface area (Å²) in [5, 5.41) is 9.08. The number of hydrogen-bond acceptors (Lipinski definition) is 5. The lowest BCUT2D eigenvalue weighted by Gasteiger charge is -2.04. The molecule has 6 nitrogen and oxygen atoms in total. The Hall–Kier alpha value is -3.67. The van der Waals surface area contributed by atoms with Gasteiger partial charge in [0.1, 0.15) is 11.5 Å². The molecule has 0 radical (unpaired) electrons. The fourth-order valence-corrected chi connectivity index (χ4v) is 2.85. The first-order chi connectivity index (χ1) is 14.5. The van der Waals surface area contributed by atoms with Crippen molar-refractivity contribution in [3.63, 3.8) is 0 Å². The SMILES string of the molecule is CCCCOC(=O)c1ccc(N=Cc2ccc(-c3ccc(C(=O)O)cc3C)o2)cc1.